The van der Waals surface area contributed by atoms with Gasteiger partial charge in [-0.1, -0.05) is 6.07 Å². The van der Waals surface area contributed by atoms with Gasteiger partial charge in [0.1, 0.15) is 5.75 Å². The highest BCUT2D eigenvalue weighted by atomic mass is 16.4. The number of carboxylic acids is 1. The number of carboxylic acid groups (broad SMARTS) is 1. The van der Waals surface area contributed by atoms with Crippen LogP contribution in [0.5, 0.6) is 5.75 Å². The lowest BCUT2D eigenvalue weighted by atomic mass is 10.1. The van der Waals surface area contributed by atoms with Crippen LogP contribution in [0.2, 0.25) is 0 Å². The molecule has 0 saturated carbocycles. The van der Waals surface area contributed by atoms with Crippen molar-refractivity contribution in [3.63, 3.8) is 0 Å². The lowest BCUT2D eigenvalue weighted by Gasteiger charge is -2.03. The van der Waals surface area contributed by atoms with Gasteiger partial charge in [-0.2, -0.15) is 0 Å². The van der Waals surface area contributed by atoms with E-state index >= 15 is 0 Å². The molecular weight excluding hydrogens is 194 g/mol. The first-order valence-electron chi connectivity index (χ1n) is 4.44. The summed E-state index contributed by atoms with van der Waals surface area (Å²) in [5.74, 6) is -0.848. The molecule has 0 radical (unpaired) electrons. The third-order valence-corrected chi connectivity index (χ3v) is 2.15. The number of benzene rings is 1. The second-order valence-corrected chi connectivity index (χ2v) is 3.28. The van der Waals surface area contributed by atoms with Gasteiger partial charge in [0, 0.05) is 17.8 Å². The molecule has 0 amide bonds. The SMILES string of the molecule is O=C(O)Cc1cc(O)c2cnccc2c1. The van der Waals surface area contributed by atoms with Crippen molar-refractivity contribution < 1.29 is 15.0 Å². The van der Waals surface area contributed by atoms with Crippen LogP contribution in [0, 0.1) is 0 Å². The fourth-order valence-corrected chi connectivity index (χ4v) is 1.52. The van der Waals surface area contributed by atoms with E-state index in [4.69, 9.17) is 5.11 Å². The topological polar surface area (TPSA) is 70.4 Å². The van der Waals surface area contributed by atoms with Crippen LogP contribution in [0.1, 0.15) is 5.56 Å². The molecule has 0 atom stereocenters. The summed E-state index contributed by atoms with van der Waals surface area (Å²) in [5, 5.41) is 19.7. The number of nitrogens with zero attached hydrogens (tertiary/aromatic N) is 1. The van der Waals surface area contributed by atoms with Gasteiger partial charge in [0.25, 0.3) is 0 Å². The Bertz CT molecular complexity index is 522. The lowest BCUT2D eigenvalue weighted by molar-refractivity contribution is -0.136. The minimum Gasteiger partial charge on any atom is -0.507 e. The number of phenols is 1. The minimum atomic E-state index is -0.914. The van der Waals surface area contributed by atoms with Gasteiger partial charge in [-0.15, -0.1) is 0 Å². The van der Waals surface area contributed by atoms with Crippen LogP contribution in [0.15, 0.2) is 30.6 Å². The predicted molar refractivity (Wildman–Crippen MR) is 54.7 cm³/mol. The van der Waals surface area contributed by atoms with E-state index in [9.17, 15) is 9.90 Å². The molecular formula is C11H9NO3. The highest BCUT2D eigenvalue weighted by Gasteiger charge is 2.05. The van der Waals surface area contributed by atoms with Crippen molar-refractivity contribution in [1.29, 1.82) is 0 Å². The second-order valence-electron chi connectivity index (χ2n) is 3.28. The first-order chi connectivity index (χ1) is 7.16. The average Bonchev–Trinajstić information content (AvgIpc) is 2.16. The second kappa shape index (κ2) is 3.57. The highest BCUT2D eigenvalue weighted by Crippen LogP contribution is 2.25. The van der Waals surface area contributed by atoms with E-state index < -0.39 is 5.97 Å². The molecule has 15 heavy (non-hydrogen) atoms. The van der Waals surface area contributed by atoms with Gasteiger partial charge in [0.2, 0.25) is 0 Å². The average molecular weight is 203 g/mol. The summed E-state index contributed by atoms with van der Waals surface area (Å²) in [5.41, 5.74) is 0.582. The standard InChI is InChI=1S/C11H9NO3/c13-10-4-7(5-11(14)15)3-8-1-2-12-6-9(8)10/h1-4,6,13H,5H2,(H,14,15). The van der Waals surface area contributed by atoms with Crippen LogP contribution in [-0.4, -0.2) is 21.2 Å². The van der Waals surface area contributed by atoms with Crippen LogP contribution in [-0.2, 0) is 11.2 Å². The molecule has 4 nitrogen and oxygen atoms in total. The molecule has 0 spiro atoms. The van der Waals surface area contributed by atoms with E-state index in [1.165, 1.54) is 6.07 Å². The number of hydrogen-bond donors (Lipinski definition) is 2. The molecule has 0 aliphatic heterocycles. The van der Waals surface area contributed by atoms with E-state index in [1.807, 2.05) is 0 Å². The van der Waals surface area contributed by atoms with Crippen LogP contribution in [0.3, 0.4) is 0 Å². The summed E-state index contributed by atoms with van der Waals surface area (Å²) in [4.78, 5) is 14.4. The molecule has 2 rings (SSSR count). The molecule has 4 heteroatoms. The summed E-state index contributed by atoms with van der Waals surface area (Å²) in [6.07, 6.45) is 3.06. The van der Waals surface area contributed by atoms with Gasteiger partial charge in [-0.25, -0.2) is 0 Å². The van der Waals surface area contributed by atoms with Crippen LogP contribution in [0.25, 0.3) is 10.8 Å². The first kappa shape index (κ1) is 9.45. The molecule has 1 heterocycles. The van der Waals surface area contributed by atoms with Crippen molar-refractivity contribution in [3.05, 3.63) is 36.2 Å². The van der Waals surface area contributed by atoms with Crippen LogP contribution in [0.4, 0.5) is 0 Å². The third-order valence-electron chi connectivity index (χ3n) is 2.15. The Balaban J connectivity index is 2.57. The third kappa shape index (κ3) is 1.88. The Kier molecular flexibility index (Phi) is 2.25. The molecule has 0 unspecified atom stereocenters. The molecule has 0 saturated heterocycles. The Morgan fingerprint density at radius 2 is 2.20 bits per heavy atom. The zero-order chi connectivity index (χ0) is 10.8. The molecule has 2 aromatic rings. The monoisotopic (exact) mass is 203 g/mol. The largest absolute Gasteiger partial charge is 0.507 e. The van der Waals surface area contributed by atoms with Crippen LogP contribution < -0.4 is 0 Å². The van der Waals surface area contributed by atoms with Gasteiger partial charge in [-0.3, -0.25) is 9.78 Å². The quantitative estimate of drug-likeness (QED) is 0.777. The van der Waals surface area contributed by atoms with Gasteiger partial charge >= 0.3 is 5.97 Å². The van der Waals surface area contributed by atoms with Crippen molar-refractivity contribution in [2.75, 3.05) is 0 Å². The molecule has 0 aliphatic carbocycles. The van der Waals surface area contributed by atoms with Crippen molar-refractivity contribution in [1.82, 2.24) is 4.98 Å². The molecule has 0 fully saturated rings. The maximum atomic E-state index is 10.5. The molecule has 1 aromatic heterocycles. The summed E-state index contributed by atoms with van der Waals surface area (Å²) in [7, 11) is 0. The van der Waals surface area contributed by atoms with Crippen molar-refractivity contribution in [2.45, 2.75) is 6.42 Å². The van der Waals surface area contributed by atoms with Crippen molar-refractivity contribution in [3.8, 4) is 5.75 Å². The van der Waals surface area contributed by atoms with Gasteiger partial charge in [-0.05, 0) is 23.1 Å². The fourth-order valence-electron chi connectivity index (χ4n) is 1.52. The summed E-state index contributed by atoms with van der Waals surface area (Å²) < 4.78 is 0. The van der Waals surface area contributed by atoms with E-state index in [1.54, 1.807) is 24.5 Å². The number of carbonyl (C=O) groups is 1. The van der Waals surface area contributed by atoms with E-state index in [0.717, 1.165) is 5.39 Å². The maximum absolute atomic E-state index is 10.5. The fraction of sp³-hybridized carbons (Fsp3) is 0.0909. The molecule has 0 bridgehead atoms. The van der Waals surface area contributed by atoms with E-state index in [0.29, 0.717) is 10.9 Å². The number of aromatic hydroxyl groups is 1. The molecule has 1 aromatic carbocycles. The van der Waals surface area contributed by atoms with Crippen molar-refractivity contribution in [2.24, 2.45) is 0 Å². The Morgan fingerprint density at radius 3 is 2.93 bits per heavy atom. The normalized spacial score (nSPS) is 10.4. The Hall–Kier alpha value is -2.10. The van der Waals surface area contributed by atoms with Crippen molar-refractivity contribution >= 4 is 16.7 Å². The maximum Gasteiger partial charge on any atom is 0.307 e. The molecule has 2 N–H and O–H groups in total. The Morgan fingerprint density at radius 1 is 1.40 bits per heavy atom. The predicted octanol–water partition coefficient (Wildman–Crippen LogP) is 1.57. The summed E-state index contributed by atoms with van der Waals surface area (Å²) in [6, 6.07) is 4.93. The van der Waals surface area contributed by atoms with E-state index in [2.05, 4.69) is 4.98 Å². The molecule has 76 valence electrons. The lowest BCUT2D eigenvalue weighted by Crippen LogP contribution is -1.99. The number of aromatic nitrogens is 1. The number of aliphatic carboxylic acids is 1. The number of hydrogen-bond acceptors (Lipinski definition) is 3. The number of fused-ring (bicyclic) bond motifs is 1. The zero-order valence-electron chi connectivity index (χ0n) is 7.84. The minimum absolute atomic E-state index is 0.0665. The smallest absolute Gasteiger partial charge is 0.307 e. The summed E-state index contributed by atoms with van der Waals surface area (Å²) in [6.45, 7) is 0. The number of pyridine rings is 1. The number of rotatable bonds is 2. The number of phenolic OH excluding ortho intramolecular Hbond substituents is 1. The highest BCUT2D eigenvalue weighted by molar-refractivity contribution is 5.88. The van der Waals surface area contributed by atoms with E-state index in [-0.39, 0.29) is 12.2 Å². The van der Waals surface area contributed by atoms with Gasteiger partial charge in [0.15, 0.2) is 0 Å². The summed E-state index contributed by atoms with van der Waals surface area (Å²) >= 11 is 0. The van der Waals surface area contributed by atoms with Gasteiger partial charge in [0.05, 0.1) is 6.42 Å². The Labute approximate surface area is 85.8 Å². The first-order valence-corrected chi connectivity index (χ1v) is 4.44. The molecule has 0 aliphatic rings. The zero-order valence-corrected chi connectivity index (χ0v) is 7.84. The van der Waals surface area contributed by atoms with Crippen LogP contribution >= 0.6 is 0 Å². The van der Waals surface area contributed by atoms with Gasteiger partial charge < -0.3 is 10.2 Å².